The number of aromatic carboxylic acids is 1. The van der Waals surface area contributed by atoms with Crippen molar-refractivity contribution in [3.8, 4) is 0 Å². The van der Waals surface area contributed by atoms with Gasteiger partial charge in [0.2, 0.25) is 0 Å². The van der Waals surface area contributed by atoms with Crippen molar-refractivity contribution in [3.63, 3.8) is 0 Å². The zero-order valence-electron chi connectivity index (χ0n) is 13.8. The zero-order valence-corrected chi connectivity index (χ0v) is 13.8. The lowest BCUT2D eigenvalue weighted by molar-refractivity contribution is 0.0690. The summed E-state index contributed by atoms with van der Waals surface area (Å²) in [7, 11) is 0. The fourth-order valence-electron chi connectivity index (χ4n) is 3.26. The number of rotatable bonds is 4. The zero-order chi connectivity index (χ0) is 17.8. The van der Waals surface area contributed by atoms with Crippen LogP contribution < -0.4 is 0 Å². The lowest BCUT2D eigenvalue weighted by Gasteiger charge is -2.32. The Labute approximate surface area is 145 Å². The van der Waals surface area contributed by atoms with Gasteiger partial charge in [0, 0.05) is 18.7 Å². The Balaban J connectivity index is 1.58. The second kappa shape index (κ2) is 7.47. The molecule has 0 radical (unpaired) electrons. The minimum atomic E-state index is -1.03. The smallest absolute Gasteiger partial charge is 0.335 e. The first-order chi connectivity index (χ1) is 12.0. The van der Waals surface area contributed by atoms with E-state index >= 15 is 0 Å². The third kappa shape index (κ3) is 4.24. The molecule has 4 nitrogen and oxygen atoms in total. The molecule has 1 heterocycles. The fraction of sp³-hybridized carbons (Fsp3) is 0.300. The van der Waals surface area contributed by atoms with E-state index in [1.165, 1.54) is 24.3 Å². The van der Waals surface area contributed by atoms with E-state index in [1.54, 1.807) is 17.0 Å². The molecular formula is C20H20FNO3. The molecule has 0 saturated carbocycles. The third-order valence-corrected chi connectivity index (χ3v) is 4.70. The Morgan fingerprint density at radius 1 is 1.04 bits per heavy atom. The van der Waals surface area contributed by atoms with Gasteiger partial charge in [0.05, 0.1) is 5.56 Å². The molecule has 0 aliphatic carbocycles. The van der Waals surface area contributed by atoms with Gasteiger partial charge in [-0.15, -0.1) is 0 Å². The Morgan fingerprint density at radius 3 is 2.32 bits per heavy atom. The molecule has 0 atom stereocenters. The van der Waals surface area contributed by atoms with E-state index in [4.69, 9.17) is 5.11 Å². The van der Waals surface area contributed by atoms with Crippen LogP contribution in [0.15, 0.2) is 48.5 Å². The predicted molar refractivity (Wildman–Crippen MR) is 92.1 cm³/mol. The molecule has 0 unspecified atom stereocenters. The molecule has 1 saturated heterocycles. The molecule has 0 spiro atoms. The van der Waals surface area contributed by atoms with Gasteiger partial charge >= 0.3 is 5.97 Å². The number of benzene rings is 2. The lowest BCUT2D eigenvalue weighted by atomic mass is 9.90. The summed E-state index contributed by atoms with van der Waals surface area (Å²) in [4.78, 5) is 25.4. The number of likely N-dealkylation sites (tertiary alicyclic amines) is 1. The maximum atomic E-state index is 13.0. The number of carbonyl (C=O) groups is 2. The van der Waals surface area contributed by atoms with Crippen molar-refractivity contribution in [2.45, 2.75) is 19.3 Å². The van der Waals surface area contributed by atoms with Crippen molar-refractivity contribution in [2.75, 3.05) is 13.1 Å². The standard InChI is InChI=1S/C20H20FNO3/c21-18-6-4-14(5-7-18)12-15-8-10-22(11-9-15)19(23)16-2-1-3-17(13-16)20(24)25/h1-7,13,15H,8-12H2,(H,24,25). The van der Waals surface area contributed by atoms with Gasteiger partial charge in [-0.2, -0.15) is 0 Å². The van der Waals surface area contributed by atoms with Gasteiger partial charge in [0.1, 0.15) is 5.82 Å². The molecule has 2 aromatic carbocycles. The monoisotopic (exact) mass is 341 g/mol. The van der Waals surface area contributed by atoms with Gasteiger partial charge in [-0.25, -0.2) is 9.18 Å². The fourth-order valence-corrected chi connectivity index (χ4v) is 3.26. The maximum Gasteiger partial charge on any atom is 0.335 e. The van der Waals surface area contributed by atoms with E-state index in [0.29, 0.717) is 24.6 Å². The Hall–Kier alpha value is -2.69. The van der Waals surface area contributed by atoms with Crippen molar-refractivity contribution in [1.82, 2.24) is 4.90 Å². The van der Waals surface area contributed by atoms with Crippen molar-refractivity contribution in [2.24, 2.45) is 5.92 Å². The molecule has 2 aromatic rings. The van der Waals surface area contributed by atoms with Gasteiger partial charge in [-0.3, -0.25) is 4.79 Å². The average Bonchev–Trinajstić information content (AvgIpc) is 2.64. The minimum absolute atomic E-state index is 0.122. The minimum Gasteiger partial charge on any atom is -0.478 e. The summed E-state index contributed by atoms with van der Waals surface area (Å²) in [6.45, 7) is 1.31. The first-order valence-electron chi connectivity index (χ1n) is 8.40. The molecule has 0 bridgehead atoms. The molecule has 0 aromatic heterocycles. The van der Waals surface area contributed by atoms with Gasteiger partial charge in [-0.1, -0.05) is 18.2 Å². The van der Waals surface area contributed by atoms with Crippen LogP contribution in [-0.2, 0) is 6.42 Å². The molecule has 5 heteroatoms. The first-order valence-corrected chi connectivity index (χ1v) is 8.40. The van der Waals surface area contributed by atoms with Crippen LogP contribution in [0.25, 0.3) is 0 Å². The predicted octanol–water partition coefficient (Wildman–Crippen LogP) is 3.62. The maximum absolute atomic E-state index is 13.0. The molecule has 1 fully saturated rings. The largest absolute Gasteiger partial charge is 0.478 e. The second-order valence-corrected chi connectivity index (χ2v) is 6.45. The Morgan fingerprint density at radius 2 is 1.68 bits per heavy atom. The number of carbonyl (C=O) groups excluding carboxylic acids is 1. The molecule has 1 N–H and O–H groups in total. The summed E-state index contributed by atoms with van der Waals surface area (Å²) in [5, 5.41) is 9.05. The number of amides is 1. The van der Waals surface area contributed by atoms with Crippen molar-refractivity contribution in [3.05, 3.63) is 71.0 Å². The average molecular weight is 341 g/mol. The second-order valence-electron chi connectivity index (χ2n) is 6.45. The molecule has 1 aliphatic heterocycles. The number of carboxylic acids is 1. The van der Waals surface area contributed by atoms with Gasteiger partial charge in [0.25, 0.3) is 5.91 Å². The first kappa shape index (κ1) is 17.1. The van der Waals surface area contributed by atoms with Crippen LogP contribution in [0.5, 0.6) is 0 Å². The van der Waals surface area contributed by atoms with E-state index in [2.05, 4.69) is 0 Å². The Kier molecular flexibility index (Phi) is 5.12. The van der Waals surface area contributed by atoms with Gasteiger partial charge in [-0.05, 0) is 61.1 Å². The SMILES string of the molecule is O=C(O)c1cccc(C(=O)N2CCC(Cc3ccc(F)cc3)CC2)c1. The van der Waals surface area contributed by atoms with E-state index < -0.39 is 5.97 Å². The van der Waals surface area contributed by atoms with Crippen LogP contribution in [-0.4, -0.2) is 35.0 Å². The van der Waals surface area contributed by atoms with E-state index in [0.717, 1.165) is 24.8 Å². The summed E-state index contributed by atoms with van der Waals surface area (Å²) in [6.07, 6.45) is 2.67. The highest BCUT2D eigenvalue weighted by Gasteiger charge is 2.24. The van der Waals surface area contributed by atoms with Crippen LogP contribution in [0.2, 0.25) is 0 Å². The normalized spacial score (nSPS) is 15.2. The molecule has 1 aliphatic rings. The molecular weight excluding hydrogens is 321 g/mol. The highest BCUT2D eigenvalue weighted by atomic mass is 19.1. The highest BCUT2D eigenvalue weighted by molar-refractivity contribution is 5.97. The number of halogens is 1. The summed E-state index contributed by atoms with van der Waals surface area (Å²) in [5.74, 6) is -0.913. The number of hydrogen-bond donors (Lipinski definition) is 1. The molecule has 1 amide bonds. The number of hydrogen-bond acceptors (Lipinski definition) is 2. The number of carboxylic acid groups (broad SMARTS) is 1. The van der Waals surface area contributed by atoms with Crippen LogP contribution in [0.4, 0.5) is 4.39 Å². The van der Waals surface area contributed by atoms with E-state index in [-0.39, 0.29) is 17.3 Å². The van der Waals surface area contributed by atoms with Gasteiger partial charge < -0.3 is 10.0 Å². The number of piperidine rings is 1. The quantitative estimate of drug-likeness (QED) is 0.924. The highest BCUT2D eigenvalue weighted by Crippen LogP contribution is 2.23. The van der Waals surface area contributed by atoms with Gasteiger partial charge in [0.15, 0.2) is 0 Å². The summed E-state index contributed by atoms with van der Waals surface area (Å²) < 4.78 is 13.0. The van der Waals surface area contributed by atoms with E-state index in [1.807, 2.05) is 12.1 Å². The van der Waals surface area contributed by atoms with Crippen LogP contribution in [0, 0.1) is 11.7 Å². The van der Waals surface area contributed by atoms with Crippen LogP contribution in [0.3, 0.4) is 0 Å². The summed E-state index contributed by atoms with van der Waals surface area (Å²) in [5.41, 5.74) is 1.65. The van der Waals surface area contributed by atoms with Crippen molar-refractivity contribution < 1.29 is 19.1 Å². The third-order valence-electron chi connectivity index (χ3n) is 4.70. The van der Waals surface area contributed by atoms with Crippen LogP contribution >= 0.6 is 0 Å². The number of nitrogens with zero attached hydrogens (tertiary/aromatic N) is 1. The molecule has 3 rings (SSSR count). The van der Waals surface area contributed by atoms with Crippen LogP contribution in [0.1, 0.15) is 39.1 Å². The van der Waals surface area contributed by atoms with Crippen molar-refractivity contribution >= 4 is 11.9 Å². The topological polar surface area (TPSA) is 57.6 Å². The van der Waals surface area contributed by atoms with E-state index in [9.17, 15) is 14.0 Å². The molecule has 130 valence electrons. The van der Waals surface area contributed by atoms with Crippen molar-refractivity contribution in [1.29, 1.82) is 0 Å². The summed E-state index contributed by atoms with van der Waals surface area (Å²) >= 11 is 0. The lowest BCUT2D eigenvalue weighted by Crippen LogP contribution is -2.39. The molecule has 25 heavy (non-hydrogen) atoms. The Bertz CT molecular complexity index is 765. The summed E-state index contributed by atoms with van der Waals surface area (Å²) in [6, 6.07) is 12.7.